The summed E-state index contributed by atoms with van der Waals surface area (Å²) in [6.07, 6.45) is 3.33. The maximum Gasteiger partial charge on any atom is 0.269 e. The molecule has 0 aliphatic rings. The first-order valence-corrected chi connectivity index (χ1v) is 8.33. The summed E-state index contributed by atoms with van der Waals surface area (Å²) < 4.78 is 10.2. The first-order chi connectivity index (χ1) is 12.2. The van der Waals surface area contributed by atoms with Crippen molar-refractivity contribution in [3.63, 3.8) is 0 Å². The van der Waals surface area contributed by atoms with Gasteiger partial charge in [0.15, 0.2) is 0 Å². The normalized spacial score (nSPS) is 10.3. The van der Waals surface area contributed by atoms with E-state index >= 15 is 0 Å². The molecule has 2 N–H and O–H groups in total. The van der Waals surface area contributed by atoms with E-state index in [4.69, 9.17) is 9.47 Å². The number of methoxy groups -OCH3 is 2. The highest BCUT2D eigenvalue weighted by Crippen LogP contribution is 2.13. The minimum Gasteiger partial charge on any atom is -0.497 e. The van der Waals surface area contributed by atoms with Crippen LogP contribution in [0.25, 0.3) is 0 Å². The minimum absolute atomic E-state index is 0.168. The Morgan fingerprint density at radius 3 is 2.76 bits per heavy atom. The predicted molar refractivity (Wildman–Crippen MR) is 98.3 cm³/mol. The van der Waals surface area contributed by atoms with E-state index in [1.165, 1.54) is 5.56 Å². The number of aromatic nitrogens is 1. The number of pyridine rings is 1. The number of rotatable bonds is 10. The van der Waals surface area contributed by atoms with Gasteiger partial charge in [0, 0.05) is 26.8 Å². The first-order valence-electron chi connectivity index (χ1n) is 8.33. The monoisotopic (exact) mass is 343 g/mol. The fourth-order valence-electron chi connectivity index (χ4n) is 2.32. The van der Waals surface area contributed by atoms with Crippen LogP contribution in [0.1, 0.15) is 22.5 Å². The summed E-state index contributed by atoms with van der Waals surface area (Å²) >= 11 is 0. The molecule has 0 saturated carbocycles. The standard InChI is InChI=1S/C19H25N3O3/c1-24-12-4-10-21-19(23)18-8-7-16(14-22-18)20-11-9-15-5-3-6-17(13-15)25-2/h3,5-8,13-14,20H,4,9-12H2,1-2H3,(H,21,23). The maximum atomic E-state index is 11.9. The second-order valence-corrected chi connectivity index (χ2v) is 5.56. The molecular formula is C19H25N3O3. The van der Waals surface area contributed by atoms with E-state index in [1.807, 2.05) is 24.3 Å². The van der Waals surface area contributed by atoms with Crippen molar-refractivity contribution in [2.75, 3.05) is 39.2 Å². The van der Waals surface area contributed by atoms with E-state index in [9.17, 15) is 4.79 Å². The van der Waals surface area contributed by atoms with Crippen LogP contribution >= 0.6 is 0 Å². The van der Waals surface area contributed by atoms with Gasteiger partial charge in [-0.3, -0.25) is 4.79 Å². The number of nitrogens with one attached hydrogen (secondary N) is 2. The summed E-state index contributed by atoms with van der Waals surface area (Å²) in [4.78, 5) is 16.1. The third-order valence-corrected chi connectivity index (χ3v) is 3.68. The van der Waals surface area contributed by atoms with E-state index in [2.05, 4.69) is 21.7 Å². The van der Waals surface area contributed by atoms with Gasteiger partial charge in [-0.15, -0.1) is 0 Å². The lowest BCUT2D eigenvalue weighted by Gasteiger charge is -2.08. The molecule has 1 amide bonds. The third-order valence-electron chi connectivity index (χ3n) is 3.68. The van der Waals surface area contributed by atoms with Crippen LogP contribution in [-0.4, -0.2) is 44.8 Å². The highest BCUT2D eigenvalue weighted by atomic mass is 16.5. The summed E-state index contributed by atoms with van der Waals surface area (Å²) in [5.41, 5.74) is 2.50. The lowest BCUT2D eigenvalue weighted by Crippen LogP contribution is -2.26. The van der Waals surface area contributed by atoms with Crippen molar-refractivity contribution < 1.29 is 14.3 Å². The number of amides is 1. The second-order valence-electron chi connectivity index (χ2n) is 5.56. The van der Waals surface area contributed by atoms with Gasteiger partial charge in [0.2, 0.25) is 0 Å². The van der Waals surface area contributed by atoms with E-state index < -0.39 is 0 Å². The zero-order chi connectivity index (χ0) is 17.9. The van der Waals surface area contributed by atoms with Gasteiger partial charge >= 0.3 is 0 Å². The quantitative estimate of drug-likeness (QED) is 0.649. The van der Waals surface area contributed by atoms with Gasteiger partial charge in [-0.25, -0.2) is 4.98 Å². The summed E-state index contributed by atoms with van der Waals surface area (Å²) in [5, 5.41) is 6.12. The number of nitrogens with zero attached hydrogens (tertiary/aromatic N) is 1. The second kappa shape index (κ2) is 10.3. The summed E-state index contributed by atoms with van der Waals surface area (Å²) in [6, 6.07) is 11.6. The molecule has 1 aromatic heterocycles. The fraction of sp³-hybridized carbons (Fsp3) is 0.368. The number of carbonyl (C=O) groups is 1. The van der Waals surface area contributed by atoms with Gasteiger partial charge in [-0.2, -0.15) is 0 Å². The molecule has 0 fully saturated rings. The number of hydrogen-bond acceptors (Lipinski definition) is 5. The van der Waals surface area contributed by atoms with Crippen LogP contribution in [-0.2, 0) is 11.2 Å². The van der Waals surface area contributed by atoms with Crippen molar-refractivity contribution >= 4 is 11.6 Å². The van der Waals surface area contributed by atoms with Crippen LogP contribution in [0.2, 0.25) is 0 Å². The highest BCUT2D eigenvalue weighted by molar-refractivity contribution is 5.92. The Bertz CT molecular complexity index is 659. The Kier molecular flexibility index (Phi) is 7.72. The summed E-state index contributed by atoms with van der Waals surface area (Å²) in [6.45, 7) is 1.98. The molecule has 0 aliphatic heterocycles. The number of anilines is 1. The van der Waals surface area contributed by atoms with Crippen LogP contribution in [0.3, 0.4) is 0 Å². The Balaban J connectivity index is 1.76. The molecule has 25 heavy (non-hydrogen) atoms. The molecule has 134 valence electrons. The topological polar surface area (TPSA) is 72.5 Å². The molecule has 6 heteroatoms. The van der Waals surface area contributed by atoms with Crippen molar-refractivity contribution in [2.45, 2.75) is 12.8 Å². The smallest absolute Gasteiger partial charge is 0.269 e. The van der Waals surface area contributed by atoms with E-state index in [0.29, 0.717) is 18.8 Å². The zero-order valence-electron chi connectivity index (χ0n) is 14.7. The molecule has 0 atom stereocenters. The molecule has 0 aliphatic carbocycles. The van der Waals surface area contributed by atoms with Crippen molar-refractivity contribution in [3.05, 3.63) is 53.9 Å². The van der Waals surface area contributed by atoms with E-state index in [1.54, 1.807) is 26.5 Å². The van der Waals surface area contributed by atoms with Crippen LogP contribution in [0, 0.1) is 0 Å². The molecule has 0 bridgehead atoms. The van der Waals surface area contributed by atoms with Crippen LogP contribution in [0.15, 0.2) is 42.6 Å². The van der Waals surface area contributed by atoms with Gasteiger partial charge in [-0.1, -0.05) is 12.1 Å². The summed E-state index contributed by atoms with van der Waals surface area (Å²) in [7, 11) is 3.31. The molecule has 0 spiro atoms. The van der Waals surface area contributed by atoms with Crippen LogP contribution < -0.4 is 15.4 Å². The molecule has 0 unspecified atom stereocenters. The fourth-order valence-corrected chi connectivity index (χ4v) is 2.32. The van der Waals surface area contributed by atoms with Gasteiger partial charge in [0.25, 0.3) is 5.91 Å². The zero-order valence-corrected chi connectivity index (χ0v) is 14.7. The lowest BCUT2D eigenvalue weighted by atomic mass is 10.1. The summed E-state index contributed by atoms with van der Waals surface area (Å²) in [5.74, 6) is 0.694. The van der Waals surface area contributed by atoms with Gasteiger partial charge in [0.05, 0.1) is 19.0 Å². The number of benzene rings is 1. The average Bonchev–Trinajstić information content (AvgIpc) is 2.66. The molecule has 1 heterocycles. The van der Waals surface area contributed by atoms with Crippen molar-refractivity contribution in [2.24, 2.45) is 0 Å². The van der Waals surface area contributed by atoms with Crippen molar-refractivity contribution in [1.82, 2.24) is 10.3 Å². The molecular weight excluding hydrogens is 318 g/mol. The molecule has 0 saturated heterocycles. The van der Waals surface area contributed by atoms with Crippen molar-refractivity contribution in [3.8, 4) is 5.75 Å². The number of carbonyl (C=O) groups excluding carboxylic acids is 1. The Hall–Kier alpha value is -2.60. The molecule has 0 radical (unpaired) electrons. The van der Waals surface area contributed by atoms with Gasteiger partial charge < -0.3 is 20.1 Å². The van der Waals surface area contributed by atoms with Gasteiger partial charge in [-0.05, 0) is 42.7 Å². The van der Waals surface area contributed by atoms with E-state index in [0.717, 1.165) is 30.8 Å². The van der Waals surface area contributed by atoms with E-state index in [-0.39, 0.29) is 5.91 Å². The molecule has 2 rings (SSSR count). The molecule has 2 aromatic rings. The van der Waals surface area contributed by atoms with Crippen molar-refractivity contribution in [1.29, 1.82) is 0 Å². The average molecular weight is 343 g/mol. The number of hydrogen-bond donors (Lipinski definition) is 2. The van der Waals surface area contributed by atoms with Crippen LogP contribution in [0.4, 0.5) is 5.69 Å². The molecule has 1 aromatic carbocycles. The Morgan fingerprint density at radius 2 is 2.04 bits per heavy atom. The largest absolute Gasteiger partial charge is 0.497 e. The Morgan fingerprint density at radius 1 is 1.16 bits per heavy atom. The number of ether oxygens (including phenoxy) is 2. The third kappa shape index (κ3) is 6.43. The first kappa shape index (κ1) is 18.7. The van der Waals surface area contributed by atoms with Crippen LogP contribution in [0.5, 0.6) is 5.75 Å². The predicted octanol–water partition coefficient (Wildman–Crippen LogP) is 2.51. The Labute approximate surface area is 148 Å². The SMILES string of the molecule is COCCCNC(=O)c1ccc(NCCc2cccc(OC)c2)cn1. The lowest BCUT2D eigenvalue weighted by molar-refractivity contribution is 0.0943. The maximum absolute atomic E-state index is 11.9. The van der Waals surface area contributed by atoms with Gasteiger partial charge in [0.1, 0.15) is 11.4 Å². The molecule has 6 nitrogen and oxygen atoms in total. The highest BCUT2D eigenvalue weighted by Gasteiger charge is 2.06. The minimum atomic E-state index is -0.168.